The second-order valence-corrected chi connectivity index (χ2v) is 3.58. The van der Waals surface area contributed by atoms with E-state index in [0.717, 1.165) is 0 Å². The van der Waals surface area contributed by atoms with Crippen molar-refractivity contribution in [2.75, 3.05) is 13.7 Å². The number of nitrogens with zero attached hydrogens (tertiary/aromatic N) is 3. The molecule has 0 fully saturated rings. The highest BCUT2D eigenvalue weighted by molar-refractivity contribution is 5.91. The van der Waals surface area contributed by atoms with Crippen LogP contribution >= 0.6 is 0 Å². The summed E-state index contributed by atoms with van der Waals surface area (Å²) < 4.78 is 11.4. The lowest BCUT2D eigenvalue weighted by Gasteiger charge is -2.07. The fourth-order valence-corrected chi connectivity index (χ4v) is 1.35. The van der Waals surface area contributed by atoms with E-state index in [-0.39, 0.29) is 11.8 Å². The van der Waals surface area contributed by atoms with Gasteiger partial charge in [-0.25, -0.2) is 4.99 Å². The van der Waals surface area contributed by atoms with Crippen LogP contribution in [0.2, 0.25) is 0 Å². The van der Waals surface area contributed by atoms with E-state index < -0.39 is 0 Å². The van der Waals surface area contributed by atoms with Gasteiger partial charge in [0.05, 0.1) is 0 Å². The molecule has 6 nitrogen and oxygen atoms in total. The van der Waals surface area contributed by atoms with Gasteiger partial charge in [-0.3, -0.25) is 4.52 Å². The zero-order valence-electron chi connectivity index (χ0n) is 9.94. The van der Waals surface area contributed by atoms with Gasteiger partial charge in [-0.2, -0.15) is 0 Å². The molecule has 0 spiro atoms. The average molecular weight is 247 g/mol. The van der Waals surface area contributed by atoms with Crippen LogP contribution in [0.3, 0.4) is 0 Å². The molecule has 2 rings (SSSR count). The first-order valence-corrected chi connectivity index (χ1v) is 5.46. The predicted octanol–water partition coefficient (Wildman–Crippen LogP) is 0.0471. The lowest BCUT2D eigenvalue weighted by Crippen LogP contribution is -2.36. The maximum absolute atomic E-state index is 11.7. The zero-order valence-corrected chi connectivity index (χ0v) is 9.94. The van der Waals surface area contributed by atoms with Crippen LogP contribution in [0.4, 0.5) is 5.88 Å². The third kappa shape index (κ3) is 3.14. The molecule has 0 N–H and O–H groups in total. The van der Waals surface area contributed by atoms with Gasteiger partial charge < -0.3 is 9.84 Å². The van der Waals surface area contributed by atoms with Crippen molar-refractivity contribution < 1.29 is 19.0 Å². The molecular formula is C12H13N3O3. The van der Waals surface area contributed by atoms with Crippen LogP contribution in [0.5, 0.6) is 0 Å². The Hall–Kier alpha value is -2.21. The number of hydrogen-bond donors (Lipinski definition) is 0. The summed E-state index contributed by atoms with van der Waals surface area (Å²) in [6.45, 7) is 1.07. The van der Waals surface area contributed by atoms with Crippen LogP contribution < -0.4 is 9.79 Å². The zero-order chi connectivity index (χ0) is 12.8. The summed E-state index contributed by atoms with van der Waals surface area (Å²) in [4.78, 5) is 3.83. The Balaban J connectivity index is 2.10. The van der Waals surface area contributed by atoms with Crippen molar-refractivity contribution in [3.63, 3.8) is 0 Å². The Labute approximate surface area is 104 Å². The third-order valence-electron chi connectivity index (χ3n) is 2.26. The number of methoxy groups -OCH3 is 1. The maximum atomic E-state index is 11.7. The predicted molar refractivity (Wildman–Crippen MR) is 61.2 cm³/mol. The molecule has 0 saturated heterocycles. The van der Waals surface area contributed by atoms with Gasteiger partial charge in [0.15, 0.2) is 0 Å². The quantitative estimate of drug-likeness (QED) is 0.425. The van der Waals surface area contributed by atoms with Crippen LogP contribution in [0.1, 0.15) is 5.56 Å². The smallest absolute Gasteiger partial charge is 0.320 e. The molecule has 94 valence electrons. The molecule has 0 aliphatic rings. The fraction of sp³-hybridized carbons (Fsp3) is 0.250. The van der Waals surface area contributed by atoms with E-state index in [1.54, 1.807) is 37.6 Å². The Morgan fingerprint density at radius 1 is 1.44 bits per heavy atom. The van der Waals surface area contributed by atoms with Crippen molar-refractivity contribution in [1.82, 2.24) is 5.27 Å². The van der Waals surface area contributed by atoms with Gasteiger partial charge in [-0.15, -0.1) is 0 Å². The maximum Gasteiger partial charge on any atom is 0.320 e. The van der Waals surface area contributed by atoms with Crippen molar-refractivity contribution in [2.24, 2.45) is 4.99 Å². The molecule has 0 aliphatic heterocycles. The number of rotatable bonds is 5. The summed E-state index contributed by atoms with van der Waals surface area (Å²) in [6.07, 6.45) is 1.56. The summed E-state index contributed by atoms with van der Waals surface area (Å²) in [5, 5.41) is 15.5. The summed E-state index contributed by atoms with van der Waals surface area (Å²) >= 11 is 0. The van der Waals surface area contributed by atoms with Gasteiger partial charge >= 0.3 is 5.88 Å². The van der Waals surface area contributed by atoms with E-state index in [1.165, 1.54) is 4.68 Å². The first kappa shape index (κ1) is 12.3. The van der Waals surface area contributed by atoms with Gasteiger partial charge in [0.2, 0.25) is 11.8 Å². The number of ether oxygens (including phenoxy) is 1. The van der Waals surface area contributed by atoms with Crippen LogP contribution in [0, 0.1) is 0 Å². The standard InChI is InChI=1S/C12H13N3O3/c1-17-8-7-15-9-11(18-14-15)13-12(16)10-5-3-2-4-6-10/h2-6,9H,7-8H2,1H3. The normalized spacial score (nSPS) is 11.7. The summed E-state index contributed by atoms with van der Waals surface area (Å²) in [5.74, 6) is -0.175. The number of hydrogen-bond acceptors (Lipinski definition) is 5. The average Bonchev–Trinajstić information content (AvgIpc) is 2.85. The largest absolute Gasteiger partial charge is 0.858 e. The van der Waals surface area contributed by atoms with Crippen molar-refractivity contribution in [2.45, 2.75) is 6.54 Å². The molecule has 1 aromatic heterocycles. The van der Waals surface area contributed by atoms with Crippen molar-refractivity contribution >= 4 is 11.8 Å². The second-order valence-electron chi connectivity index (χ2n) is 3.58. The van der Waals surface area contributed by atoms with Crippen LogP contribution in [0.25, 0.3) is 0 Å². The molecule has 0 atom stereocenters. The van der Waals surface area contributed by atoms with E-state index in [2.05, 4.69) is 10.3 Å². The molecule has 6 heteroatoms. The molecule has 18 heavy (non-hydrogen) atoms. The highest BCUT2D eigenvalue weighted by Crippen LogP contribution is 2.08. The molecule has 2 aromatic rings. The minimum Gasteiger partial charge on any atom is -0.858 e. The third-order valence-corrected chi connectivity index (χ3v) is 2.26. The summed E-state index contributed by atoms with van der Waals surface area (Å²) in [6, 6.07) is 8.79. The van der Waals surface area contributed by atoms with E-state index in [1.807, 2.05) is 6.07 Å². The molecule has 1 heterocycles. The Bertz CT molecular complexity index is 522. The lowest BCUT2D eigenvalue weighted by molar-refractivity contribution is -0.763. The number of aliphatic imine (C=N–C) groups is 1. The minimum atomic E-state index is -0.356. The summed E-state index contributed by atoms with van der Waals surface area (Å²) in [7, 11) is 1.60. The Morgan fingerprint density at radius 2 is 2.22 bits per heavy atom. The van der Waals surface area contributed by atoms with Crippen molar-refractivity contribution in [3.8, 4) is 0 Å². The second kappa shape index (κ2) is 5.92. The summed E-state index contributed by atoms with van der Waals surface area (Å²) in [5.41, 5.74) is 0.511. The number of aromatic nitrogens is 2. The SMILES string of the molecule is COCC[n+]1cc(/N=C(\[O-])c2ccccc2)on1. The minimum absolute atomic E-state index is 0.181. The molecule has 0 bridgehead atoms. The first-order valence-electron chi connectivity index (χ1n) is 5.46. The van der Waals surface area contributed by atoms with Crippen molar-refractivity contribution in [1.29, 1.82) is 0 Å². The van der Waals surface area contributed by atoms with Gasteiger partial charge in [-0.05, 0) is 16.1 Å². The fourth-order valence-electron chi connectivity index (χ4n) is 1.35. The van der Waals surface area contributed by atoms with Gasteiger partial charge in [0, 0.05) is 7.11 Å². The van der Waals surface area contributed by atoms with E-state index in [4.69, 9.17) is 9.26 Å². The first-order chi connectivity index (χ1) is 8.79. The van der Waals surface area contributed by atoms with Crippen LogP contribution in [0.15, 0.2) is 46.0 Å². The topological polar surface area (TPSA) is 74.6 Å². The lowest BCUT2D eigenvalue weighted by atomic mass is 10.2. The van der Waals surface area contributed by atoms with Gasteiger partial charge in [0.1, 0.15) is 6.61 Å². The monoisotopic (exact) mass is 247 g/mol. The van der Waals surface area contributed by atoms with Crippen LogP contribution in [-0.4, -0.2) is 24.9 Å². The van der Waals surface area contributed by atoms with Gasteiger partial charge in [0.25, 0.3) is 6.20 Å². The van der Waals surface area contributed by atoms with E-state index >= 15 is 0 Å². The molecular weight excluding hydrogens is 234 g/mol. The molecule has 0 unspecified atom stereocenters. The molecule has 1 aromatic carbocycles. The Kier molecular flexibility index (Phi) is 4.03. The van der Waals surface area contributed by atoms with Gasteiger partial charge in [-0.1, -0.05) is 30.3 Å². The highest BCUT2D eigenvalue weighted by atomic mass is 16.5. The van der Waals surface area contributed by atoms with E-state index in [0.29, 0.717) is 18.7 Å². The highest BCUT2D eigenvalue weighted by Gasteiger charge is 2.09. The Morgan fingerprint density at radius 3 is 2.94 bits per heavy atom. The molecule has 0 amide bonds. The van der Waals surface area contributed by atoms with E-state index in [9.17, 15) is 5.11 Å². The molecule has 0 aliphatic carbocycles. The molecule has 0 saturated carbocycles. The molecule has 0 radical (unpaired) electrons. The van der Waals surface area contributed by atoms with Crippen LogP contribution in [-0.2, 0) is 11.3 Å². The number of benzene rings is 1. The van der Waals surface area contributed by atoms with Crippen molar-refractivity contribution in [3.05, 3.63) is 42.1 Å².